The summed E-state index contributed by atoms with van der Waals surface area (Å²) in [5.41, 5.74) is -0.652. The van der Waals surface area contributed by atoms with Crippen molar-refractivity contribution in [1.82, 2.24) is 14.8 Å². The van der Waals surface area contributed by atoms with Crippen molar-refractivity contribution >= 4 is 5.91 Å². The van der Waals surface area contributed by atoms with Gasteiger partial charge in [-0.2, -0.15) is 13.2 Å². The van der Waals surface area contributed by atoms with Gasteiger partial charge in [0.25, 0.3) is 5.91 Å². The van der Waals surface area contributed by atoms with E-state index in [-0.39, 0.29) is 35.9 Å². The Labute approximate surface area is 154 Å². The lowest BCUT2D eigenvalue weighted by Crippen LogP contribution is -2.38. The number of amides is 1. The first-order valence-electron chi connectivity index (χ1n) is 8.44. The third-order valence-corrected chi connectivity index (χ3v) is 4.53. The number of carbonyl (C=O) groups is 1. The Morgan fingerprint density at radius 1 is 1.44 bits per heavy atom. The van der Waals surface area contributed by atoms with Crippen LogP contribution in [-0.4, -0.2) is 53.9 Å². The molecule has 9 heteroatoms. The van der Waals surface area contributed by atoms with Crippen LogP contribution in [0.4, 0.5) is 13.2 Å². The third-order valence-electron chi connectivity index (χ3n) is 4.53. The quantitative estimate of drug-likeness (QED) is 0.794. The van der Waals surface area contributed by atoms with Gasteiger partial charge in [0.05, 0.1) is 5.56 Å². The molecule has 0 spiro atoms. The SMILES string of the molecule is CN1CC[C@H](N(C)C(=O)c2coc(COc3cccc(C(F)(F)F)c3)n2)C1. The maximum Gasteiger partial charge on any atom is 0.416 e. The van der Waals surface area contributed by atoms with Crippen molar-refractivity contribution in [3.05, 3.63) is 47.7 Å². The maximum atomic E-state index is 12.7. The minimum absolute atomic E-state index is 0.0435. The van der Waals surface area contributed by atoms with Crippen LogP contribution in [0, 0.1) is 0 Å². The van der Waals surface area contributed by atoms with Crippen molar-refractivity contribution in [1.29, 1.82) is 0 Å². The molecule has 0 N–H and O–H groups in total. The zero-order valence-electron chi connectivity index (χ0n) is 15.0. The molecule has 1 atom stereocenters. The van der Waals surface area contributed by atoms with Gasteiger partial charge in [0.15, 0.2) is 12.3 Å². The summed E-state index contributed by atoms with van der Waals surface area (Å²) in [5.74, 6) is -0.0981. The number of halogens is 3. The number of oxazole rings is 1. The van der Waals surface area contributed by atoms with Gasteiger partial charge in [0, 0.05) is 19.6 Å². The molecule has 0 unspecified atom stereocenters. The lowest BCUT2D eigenvalue weighted by Gasteiger charge is -2.23. The normalized spacial score (nSPS) is 17.9. The number of nitrogens with zero attached hydrogens (tertiary/aromatic N) is 3. The molecule has 146 valence electrons. The summed E-state index contributed by atoms with van der Waals surface area (Å²) in [6.07, 6.45) is -2.31. The Morgan fingerprint density at radius 3 is 2.89 bits per heavy atom. The van der Waals surface area contributed by atoms with E-state index in [9.17, 15) is 18.0 Å². The van der Waals surface area contributed by atoms with Crippen LogP contribution < -0.4 is 4.74 Å². The third kappa shape index (κ3) is 4.60. The second-order valence-corrected chi connectivity index (χ2v) is 6.56. The minimum atomic E-state index is -4.44. The molecule has 3 rings (SSSR count). The van der Waals surface area contributed by atoms with Crippen LogP contribution in [0.3, 0.4) is 0 Å². The van der Waals surface area contributed by atoms with Crippen LogP contribution in [0.5, 0.6) is 5.75 Å². The van der Waals surface area contributed by atoms with Crippen LogP contribution in [0.25, 0.3) is 0 Å². The Balaban J connectivity index is 1.60. The predicted octanol–water partition coefficient (Wildman–Crippen LogP) is 3.05. The first-order valence-corrected chi connectivity index (χ1v) is 8.44. The first-order chi connectivity index (χ1) is 12.7. The molecule has 1 amide bonds. The lowest BCUT2D eigenvalue weighted by atomic mass is 10.2. The van der Waals surface area contributed by atoms with E-state index < -0.39 is 11.7 Å². The van der Waals surface area contributed by atoms with E-state index in [4.69, 9.17) is 9.15 Å². The van der Waals surface area contributed by atoms with Gasteiger partial charge in [-0.1, -0.05) is 6.07 Å². The fraction of sp³-hybridized carbons (Fsp3) is 0.444. The van der Waals surface area contributed by atoms with Gasteiger partial charge in [-0.05, 0) is 38.2 Å². The number of likely N-dealkylation sites (tertiary alicyclic amines) is 1. The van der Waals surface area contributed by atoms with Crippen LogP contribution in [0.15, 0.2) is 34.9 Å². The van der Waals surface area contributed by atoms with Crippen molar-refractivity contribution in [2.45, 2.75) is 25.2 Å². The largest absolute Gasteiger partial charge is 0.484 e. The van der Waals surface area contributed by atoms with Crippen LogP contribution >= 0.6 is 0 Å². The highest BCUT2D eigenvalue weighted by atomic mass is 19.4. The van der Waals surface area contributed by atoms with Crippen molar-refractivity contribution in [3.63, 3.8) is 0 Å². The summed E-state index contributed by atoms with van der Waals surface area (Å²) in [4.78, 5) is 20.4. The molecule has 1 aromatic heterocycles. The highest BCUT2D eigenvalue weighted by Crippen LogP contribution is 2.31. The molecule has 6 nitrogen and oxygen atoms in total. The number of benzene rings is 1. The van der Waals surface area contributed by atoms with Crippen molar-refractivity contribution in [2.75, 3.05) is 27.2 Å². The summed E-state index contributed by atoms with van der Waals surface area (Å²) in [6.45, 7) is 1.55. The van der Waals surface area contributed by atoms with Gasteiger partial charge < -0.3 is 19.0 Å². The summed E-state index contributed by atoms with van der Waals surface area (Å²) >= 11 is 0. The average molecular weight is 383 g/mol. The smallest absolute Gasteiger partial charge is 0.416 e. The molecule has 27 heavy (non-hydrogen) atoms. The monoisotopic (exact) mass is 383 g/mol. The highest BCUT2D eigenvalue weighted by molar-refractivity contribution is 5.92. The Kier molecular flexibility index (Phi) is 5.41. The Morgan fingerprint density at radius 2 is 2.22 bits per heavy atom. The molecule has 0 saturated carbocycles. The molecule has 1 aliphatic rings. The topological polar surface area (TPSA) is 58.8 Å². The summed E-state index contributed by atoms with van der Waals surface area (Å²) in [5, 5.41) is 0. The zero-order valence-corrected chi connectivity index (χ0v) is 15.0. The first kappa shape index (κ1) is 19.2. The summed E-state index contributed by atoms with van der Waals surface area (Å²) in [7, 11) is 3.72. The van der Waals surface area contributed by atoms with E-state index in [2.05, 4.69) is 9.88 Å². The van der Waals surface area contributed by atoms with Crippen molar-refractivity contribution < 1.29 is 27.1 Å². The summed E-state index contributed by atoms with van der Waals surface area (Å²) in [6, 6.07) is 4.65. The van der Waals surface area contributed by atoms with Crippen LogP contribution in [-0.2, 0) is 12.8 Å². The second-order valence-electron chi connectivity index (χ2n) is 6.56. The lowest BCUT2D eigenvalue weighted by molar-refractivity contribution is -0.137. The number of carbonyl (C=O) groups excluding carboxylic acids is 1. The van der Waals surface area contributed by atoms with Crippen LogP contribution in [0.1, 0.15) is 28.4 Å². The number of alkyl halides is 3. The molecule has 1 aliphatic heterocycles. The molecule has 2 aromatic rings. The predicted molar refractivity (Wildman–Crippen MR) is 90.3 cm³/mol. The number of aromatic nitrogens is 1. The molecule has 1 aromatic carbocycles. The highest BCUT2D eigenvalue weighted by Gasteiger charge is 2.31. The minimum Gasteiger partial charge on any atom is -0.484 e. The molecular formula is C18H20F3N3O3. The Bertz CT molecular complexity index is 806. The second kappa shape index (κ2) is 7.59. The average Bonchev–Trinajstić information content (AvgIpc) is 3.27. The van der Waals surface area contributed by atoms with Gasteiger partial charge >= 0.3 is 6.18 Å². The number of likely N-dealkylation sites (N-methyl/N-ethyl adjacent to an activating group) is 2. The van der Waals surface area contributed by atoms with E-state index in [0.29, 0.717) is 0 Å². The number of hydrogen-bond donors (Lipinski definition) is 0. The zero-order chi connectivity index (χ0) is 19.6. The van der Waals surface area contributed by atoms with Gasteiger partial charge in [0.2, 0.25) is 5.89 Å². The van der Waals surface area contributed by atoms with E-state index in [0.717, 1.165) is 31.6 Å². The number of hydrogen-bond acceptors (Lipinski definition) is 5. The Hall–Kier alpha value is -2.55. The van der Waals surface area contributed by atoms with Gasteiger partial charge in [-0.3, -0.25) is 4.79 Å². The molecule has 1 saturated heterocycles. The van der Waals surface area contributed by atoms with Gasteiger partial charge in [-0.25, -0.2) is 4.98 Å². The fourth-order valence-electron chi connectivity index (χ4n) is 2.96. The number of rotatable bonds is 5. The standard InChI is InChI=1S/C18H20F3N3O3/c1-23-7-6-13(9-23)24(2)17(25)15-10-27-16(22-15)11-26-14-5-3-4-12(8-14)18(19,20)21/h3-5,8,10,13H,6-7,9,11H2,1-2H3/t13-/m0/s1. The molecule has 0 radical (unpaired) electrons. The number of ether oxygens (including phenoxy) is 1. The fourth-order valence-corrected chi connectivity index (χ4v) is 2.96. The molecular weight excluding hydrogens is 363 g/mol. The molecule has 0 aliphatic carbocycles. The van der Waals surface area contributed by atoms with Crippen molar-refractivity contribution in [2.24, 2.45) is 0 Å². The van der Waals surface area contributed by atoms with Gasteiger partial charge in [-0.15, -0.1) is 0 Å². The molecule has 0 bridgehead atoms. The van der Waals surface area contributed by atoms with E-state index in [1.54, 1.807) is 11.9 Å². The molecule has 2 heterocycles. The van der Waals surface area contributed by atoms with E-state index >= 15 is 0 Å². The maximum absolute atomic E-state index is 12.7. The molecule has 1 fully saturated rings. The van der Waals surface area contributed by atoms with E-state index in [1.807, 2.05) is 7.05 Å². The van der Waals surface area contributed by atoms with Crippen molar-refractivity contribution in [3.8, 4) is 5.75 Å². The van der Waals surface area contributed by atoms with E-state index in [1.165, 1.54) is 18.4 Å². The van der Waals surface area contributed by atoms with Crippen LogP contribution in [0.2, 0.25) is 0 Å². The summed E-state index contributed by atoms with van der Waals surface area (Å²) < 4.78 is 48.7. The van der Waals surface area contributed by atoms with Gasteiger partial charge in [0.1, 0.15) is 12.0 Å².